The molecule has 1 aliphatic heterocycles. The molecule has 1 saturated heterocycles. The van der Waals surface area contributed by atoms with Crippen LogP contribution in [0, 0.1) is 17.2 Å². The minimum Gasteiger partial charge on any atom is -0.439 e. The Kier molecular flexibility index (Phi) is 6.64. The van der Waals surface area contributed by atoms with Crippen molar-refractivity contribution >= 4 is 33.2 Å². The van der Waals surface area contributed by atoms with Gasteiger partial charge in [0.15, 0.2) is 5.03 Å². The van der Waals surface area contributed by atoms with Gasteiger partial charge in [-0.05, 0) is 56.5 Å². The number of nitrogens with zero attached hydrogens (tertiary/aromatic N) is 4. The van der Waals surface area contributed by atoms with Gasteiger partial charge >= 0.3 is 0 Å². The van der Waals surface area contributed by atoms with Crippen molar-refractivity contribution in [1.82, 2.24) is 9.97 Å². The van der Waals surface area contributed by atoms with Crippen molar-refractivity contribution in [2.45, 2.75) is 42.7 Å². The Hall–Kier alpha value is -3.68. The van der Waals surface area contributed by atoms with Crippen LogP contribution in [-0.2, 0) is 9.84 Å². The first kappa shape index (κ1) is 25.4. The number of rotatable bonds is 6. The molecule has 9 nitrogen and oxygen atoms in total. The molecule has 186 valence electrons. The number of hydrogen-bond donors (Lipinski definition) is 1. The van der Waals surface area contributed by atoms with Gasteiger partial charge < -0.3 is 15.4 Å². The number of halogens is 1. The molecule has 1 fully saturated rings. The Bertz CT molecular complexity index is 1500. The summed E-state index contributed by atoms with van der Waals surface area (Å²) in [6.45, 7) is 6.72. The van der Waals surface area contributed by atoms with Crippen molar-refractivity contribution in [3.63, 3.8) is 0 Å². The molecule has 2 N–H and O–H groups in total. The van der Waals surface area contributed by atoms with Gasteiger partial charge in [-0.1, -0.05) is 24.6 Å². The number of carbonyl (C=O) groups excluding carboxylic acids is 1. The van der Waals surface area contributed by atoms with Gasteiger partial charge in [-0.2, -0.15) is 5.26 Å². The van der Waals surface area contributed by atoms with Gasteiger partial charge in [-0.3, -0.25) is 4.79 Å². The van der Waals surface area contributed by atoms with Crippen molar-refractivity contribution < 1.29 is 17.9 Å². The predicted octanol–water partition coefficient (Wildman–Crippen LogP) is 4.35. The van der Waals surface area contributed by atoms with E-state index in [1.54, 1.807) is 0 Å². The van der Waals surface area contributed by atoms with E-state index in [9.17, 15) is 13.2 Å². The van der Waals surface area contributed by atoms with Gasteiger partial charge in [0.1, 0.15) is 17.1 Å². The summed E-state index contributed by atoms with van der Waals surface area (Å²) in [5.74, 6) is -0.163. The summed E-state index contributed by atoms with van der Waals surface area (Å²) < 4.78 is 33.0. The van der Waals surface area contributed by atoms with E-state index in [1.165, 1.54) is 48.7 Å². The maximum absolute atomic E-state index is 13.7. The monoisotopic (exact) mass is 525 g/mol. The molecule has 1 aliphatic rings. The van der Waals surface area contributed by atoms with Crippen molar-refractivity contribution in [1.29, 1.82) is 5.26 Å². The highest BCUT2D eigenvalue weighted by Crippen LogP contribution is 2.39. The van der Waals surface area contributed by atoms with Gasteiger partial charge in [0, 0.05) is 29.4 Å². The summed E-state index contributed by atoms with van der Waals surface area (Å²) in [7, 11) is -4.29. The molecule has 11 heteroatoms. The predicted molar refractivity (Wildman–Crippen MR) is 134 cm³/mol. The number of carbonyl (C=O) groups is 1. The van der Waals surface area contributed by atoms with Crippen LogP contribution < -0.4 is 15.4 Å². The lowest BCUT2D eigenvalue weighted by Gasteiger charge is -2.33. The van der Waals surface area contributed by atoms with E-state index in [1.807, 2.05) is 24.8 Å². The molecule has 0 saturated carbocycles. The summed E-state index contributed by atoms with van der Waals surface area (Å²) in [4.78, 5) is 22.7. The Morgan fingerprint density at radius 3 is 2.67 bits per heavy atom. The van der Waals surface area contributed by atoms with Crippen LogP contribution in [0.15, 0.2) is 58.6 Å². The molecular weight excluding hydrogens is 502 g/mol. The standard InChI is InChI=1S/C25H24ClN5O4S/c1-15-12-25(2,3)31(14-15)24-22(23(28)32)19(7-8-29-24)36(33,34)21-6-4-5-20(30-21)35-18-10-16(13-27)9-17(26)11-18/h4-11,15H,12,14H2,1-3H3,(H2,28,32). The Balaban J connectivity index is 1.77. The number of benzene rings is 1. The molecule has 4 rings (SSSR count). The number of anilines is 1. The zero-order valence-electron chi connectivity index (χ0n) is 19.9. The minimum atomic E-state index is -4.29. The highest BCUT2D eigenvalue weighted by atomic mass is 35.5. The number of ether oxygens (including phenoxy) is 1. The molecule has 3 aromatic rings. The molecule has 1 unspecified atom stereocenters. The van der Waals surface area contributed by atoms with E-state index >= 15 is 0 Å². The molecule has 3 heterocycles. The summed E-state index contributed by atoms with van der Waals surface area (Å²) in [6.07, 6.45) is 2.20. The highest BCUT2D eigenvalue weighted by molar-refractivity contribution is 7.91. The van der Waals surface area contributed by atoms with E-state index in [4.69, 9.17) is 27.3 Å². The number of primary amides is 1. The molecule has 1 amide bonds. The van der Waals surface area contributed by atoms with Gasteiger partial charge in [-0.25, -0.2) is 18.4 Å². The first-order valence-electron chi connectivity index (χ1n) is 11.1. The zero-order valence-corrected chi connectivity index (χ0v) is 21.5. The van der Waals surface area contributed by atoms with Crippen molar-refractivity contribution in [2.75, 3.05) is 11.4 Å². The Labute approximate surface area is 214 Å². The third kappa shape index (κ3) is 4.85. The van der Waals surface area contributed by atoms with Crippen LogP contribution in [0.25, 0.3) is 0 Å². The van der Waals surface area contributed by atoms with Crippen LogP contribution in [0.4, 0.5) is 5.82 Å². The lowest BCUT2D eigenvalue weighted by Crippen LogP contribution is -2.40. The number of sulfone groups is 1. The maximum atomic E-state index is 13.7. The fraction of sp³-hybridized carbons (Fsp3) is 0.280. The SMILES string of the molecule is CC1CN(c2nccc(S(=O)(=O)c3cccc(Oc4cc(Cl)cc(C#N)c4)n3)c2C(N)=O)C(C)(C)C1. The summed E-state index contributed by atoms with van der Waals surface area (Å²) >= 11 is 6.02. The number of nitriles is 1. The summed E-state index contributed by atoms with van der Waals surface area (Å²) in [5.41, 5.74) is 5.45. The molecule has 1 aromatic carbocycles. The van der Waals surface area contributed by atoms with E-state index in [0.29, 0.717) is 12.5 Å². The van der Waals surface area contributed by atoms with E-state index in [0.717, 1.165) is 6.42 Å². The first-order valence-corrected chi connectivity index (χ1v) is 13.0. The van der Waals surface area contributed by atoms with Crippen LogP contribution in [0.3, 0.4) is 0 Å². The third-order valence-electron chi connectivity index (χ3n) is 5.95. The lowest BCUT2D eigenvalue weighted by molar-refractivity contribution is 0.0997. The second-order valence-electron chi connectivity index (χ2n) is 9.31. The van der Waals surface area contributed by atoms with Crippen LogP contribution in [0.5, 0.6) is 11.6 Å². The Morgan fingerprint density at radius 1 is 1.28 bits per heavy atom. The number of nitrogens with two attached hydrogens (primary N) is 1. The fourth-order valence-electron chi connectivity index (χ4n) is 4.58. The van der Waals surface area contributed by atoms with Crippen molar-refractivity contribution in [3.8, 4) is 17.7 Å². The second-order valence-corrected chi connectivity index (χ2v) is 11.6. The molecular formula is C25H24ClN5O4S. The number of hydrogen-bond acceptors (Lipinski definition) is 8. The molecule has 0 bridgehead atoms. The van der Waals surface area contributed by atoms with Crippen LogP contribution in [0.1, 0.15) is 43.1 Å². The zero-order chi connectivity index (χ0) is 26.3. The number of aromatic nitrogens is 2. The van der Waals surface area contributed by atoms with Crippen molar-refractivity contribution in [3.05, 3.63) is 64.8 Å². The first-order chi connectivity index (χ1) is 16.9. The number of amides is 1. The van der Waals surface area contributed by atoms with Crippen LogP contribution in [0.2, 0.25) is 5.02 Å². The smallest absolute Gasteiger partial charge is 0.253 e. The topological polar surface area (TPSA) is 139 Å². The maximum Gasteiger partial charge on any atom is 0.253 e. The average Bonchev–Trinajstić information content (AvgIpc) is 3.09. The van der Waals surface area contributed by atoms with Gasteiger partial charge in [0.25, 0.3) is 5.91 Å². The molecule has 0 radical (unpaired) electrons. The minimum absolute atomic E-state index is 0.0355. The molecule has 2 aromatic heterocycles. The van der Waals surface area contributed by atoms with Crippen molar-refractivity contribution in [2.24, 2.45) is 11.7 Å². The normalized spacial score (nSPS) is 17.0. The molecule has 1 atom stereocenters. The molecule has 0 spiro atoms. The van der Waals surface area contributed by atoms with Crippen LogP contribution in [-0.4, -0.2) is 36.4 Å². The number of pyridine rings is 2. The molecule has 36 heavy (non-hydrogen) atoms. The van der Waals surface area contributed by atoms with Crippen LogP contribution >= 0.6 is 11.6 Å². The fourth-order valence-corrected chi connectivity index (χ4v) is 6.19. The van der Waals surface area contributed by atoms with E-state index in [2.05, 4.69) is 16.9 Å². The van der Waals surface area contributed by atoms with E-state index < -0.39 is 15.7 Å². The highest BCUT2D eigenvalue weighted by Gasteiger charge is 2.40. The second kappa shape index (κ2) is 9.41. The third-order valence-corrected chi connectivity index (χ3v) is 7.87. The van der Waals surface area contributed by atoms with Gasteiger partial charge in [-0.15, -0.1) is 0 Å². The average molecular weight is 526 g/mol. The lowest BCUT2D eigenvalue weighted by atomic mass is 9.97. The quantitative estimate of drug-likeness (QED) is 0.501. The largest absolute Gasteiger partial charge is 0.439 e. The van der Waals surface area contributed by atoms with Gasteiger partial charge in [0.2, 0.25) is 15.7 Å². The van der Waals surface area contributed by atoms with Gasteiger partial charge in [0.05, 0.1) is 16.5 Å². The van der Waals surface area contributed by atoms with E-state index in [-0.39, 0.29) is 49.1 Å². The summed E-state index contributed by atoms with van der Waals surface area (Å²) in [5, 5.41) is 9.09. The summed E-state index contributed by atoms with van der Waals surface area (Å²) in [6, 6.07) is 11.8. The molecule has 0 aliphatic carbocycles. The Morgan fingerprint density at radius 2 is 2.03 bits per heavy atom.